The molecule has 0 unspecified atom stereocenters. The van der Waals surface area contributed by atoms with Crippen LogP contribution < -0.4 is 4.90 Å². The number of halogens is 3. The summed E-state index contributed by atoms with van der Waals surface area (Å²) in [6.45, 7) is 4.58. The van der Waals surface area contributed by atoms with Gasteiger partial charge in [-0.3, -0.25) is 0 Å². The van der Waals surface area contributed by atoms with Crippen LogP contribution in [0.25, 0.3) is 0 Å². The summed E-state index contributed by atoms with van der Waals surface area (Å²) in [5, 5.41) is 9.04. The van der Waals surface area contributed by atoms with Gasteiger partial charge in [0.2, 0.25) is 5.95 Å². The van der Waals surface area contributed by atoms with E-state index in [1.807, 2.05) is 0 Å². The van der Waals surface area contributed by atoms with Crippen molar-refractivity contribution in [3.63, 3.8) is 0 Å². The number of imide groups is 1. The van der Waals surface area contributed by atoms with Gasteiger partial charge in [-0.05, 0) is 36.7 Å². The number of nitrogens with zero attached hydrogens (tertiary/aromatic N) is 3. The maximum absolute atomic E-state index is 12.7. The first kappa shape index (κ1) is 17.2. The molecule has 1 N–H and O–H groups in total. The molecule has 0 bridgehead atoms. The molecule has 10 heteroatoms. The third-order valence-corrected chi connectivity index (χ3v) is 2.54. The van der Waals surface area contributed by atoms with Crippen LogP contribution in [0.15, 0.2) is 10.7 Å². The molecule has 116 valence electrons. The molecule has 0 aliphatic carbocycles. The number of carbonyl (C=O) groups is 2. The van der Waals surface area contributed by atoms with Gasteiger partial charge in [-0.1, -0.05) is 0 Å². The van der Waals surface area contributed by atoms with Gasteiger partial charge in [0.15, 0.2) is 0 Å². The van der Waals surface area contributed by atoms with E-state index in [-0.39, 0.29) is 9.37 Å². The summed E-state index contributed by atoms with van der Waals surface area (Å²) in [5.41, 5.74) is -1.69. The molecule has 1 aromatic heterocycles. The Balaban J connectivity index is 3.21. The third-order valence-electron chi connectivity index (χ3n) is 1.93. The number of carboxylic acid groups (broad SMARTS) is 1. The van der Waals surface area contributed by atoms with Gasteiger partial charge < -0.3 is 9.84 Å². The average Bonchev–Trinajstić information content (AvgIpc) is 2.28. The van der Waals surface area contributed by atoms with Gasteiger partial charge in [0.25, 0.3) is 6.43 Å². The fraction of sp³-hybridized carbons (Fsp3) is 0.455. The van der Waals surface area contributed by atoms with Crippen molar-refractivity contribution in [2.24, 2.45) is 0 Å². The summed E-state index contributed by atoms with van der Waals surface area (Å²) in [6.07, 6.45) is -5.05. The van der Waals surface area contributed by atoms with E-state index in [0.29, 0.717) is 0 Å². The Hall–Kier alpha value is -1.84. The Kier molecular flexibility index (Phi) is 5.15. The Morgan fingerprint density at radius 3 is 2.43 bits per heavy atom. The summed E-state index contributed by atoms with van der Waals surface area (Å²) in [6, 6.07) is 0. The number of aromatic nitrogens is 2. The van der Waals surface area contributed by atoms with Crippen molar-refractivity contribution in [3.8, 4) is 0 Å². The van der Waals surface area contributed by atoms with Crippen molar-refractivity contribution in [1.29, 1.82) is 0 Å². The molecule has 1 aromatic rings. The van der Waals surface area contributed by atoms with E-state index >= 15 is 0 Å². The minimum absolute atomic E-state index is 0.0591. The standard InChI is InChI=1S/C11H12BrF2N3O4/c1-11(2,3)21-10(20)17(9(18)19)8-15-4-5(12)6(16-8)7(13)14/h4,7H,1-3H3,(H,18,19). The average molecular weight is 368 g/mol. The number of rotatable bonds is 2. The third kappa shape index (κ3) is 4.59. The van der Waals surface area contributed by atoms with Crippen LogP contribution in [0.5, 0.6) is 0 Å². The number of carbonyl (C=O) groups excluding carboxylic acids is 1. The van der Waals surface area contributed by atoms with Crippen LogP contribution >= 0.6 is 15.9 Å². The molecule has 0 saturated heterocycles. The van der Waals surface area contributed by atoms with Gasteiger partial charge in [-0.25, -0.2) is 28.3 Å². The molecule has 2 amide bonds. The van der Waals surface area contributed by atoms with Crippen molar-refractivity contribution >= 4 is 34.1 Å². The fourth-order valence-electron chi connectivity index (χ4n) is 1.18. The van der Waals surface area contributed by atoms with E-state index in [4.69, 9.17) is 9.84 Å². The van der Waals surface area contributed by atoms with Crippen LogP contribution in [0.3, 0.4) is 0 Å². The van der Waals surface area contributed by atoms with Gasteiger partial charge in [0, 0.05) is 6.20 Å². The van der Waals surface area contributed by atoms with E-state index < -0.39 is 35.9 Å². The minimum Gasteiger partial charge on any atom is -0.464 e. The largest absolute Gasteiger partial charge is 0.464 e. The second-order valence-electron chi connectivity index (χ2n) is 4.80. The van der Waals surface area contributed by atoms with Gasteiger partial charge in [-0.15, -0.1) is 4.90 Å². The number of hydrogen-bond donors (Lipinski definition) is 1. The minimum atomic E-state index is -2.96. The molecule has 0 atom stereocenters. The van der Waals surface area contributed by atoms with Gasteiger partial charge in [0.05, 0.1) is 4.47 Å². The molecule has 0 radical (unpaired) electrons. The second-order valence-corrected chi connectivity index (χ2v) is 5.66. The molecule has 1 heterocycles. The van der Waals surface area contributed by atoms with Crippen molar-refractivity contribution in [1.82, 2.24) is 9.97 Å². The topological polar surface area (TPSA) is 92.6 Å². The lowest BCUT2D eigenvalue weighted by molar-refractivity contribution is 0.0578. The summed E-state index contributed by atoms with van der Waals surface area (Å²) in [4.78, 5) is 29.9. The zero-order valence-corrected chi connectivity index (χ0v) is 12.9. The molecule has 0 spiro atoms. The van der Waals surface area contributed by atoms with E-state index in [0.717, 1.165) is 6.20 Å². The van der Waals surface area contributed by atoms with E-state index in [1.54, 1.807) is 0 Å². The lowest BCUT2D eigenvalue weighted by Crippen LogP contribution is -2.41. The van der Waals surface area contributed by atoms with E-state index in [2.05, 4.69) is 25.9 Å². The monoisotopic (exact) mass is 367 g/mol. The Morgan fingerprint density at radius 1 is 1.43 bits per heavy atom. The number of hydrogen-bond acceptors (Lipinski definition) is 5. The summed E-state index contributed by atoms with van der Waals surface area (Å²) in [5.74, 6) is -0.713. The number of alkyl halides is 2. The van der Waals surface area contributed by atoms with Gasteiger partial charge in [0.1, 0.15) is 11.3 Å². The SMILES string of the molecule is CC(C)(C)OC(=O)N(C(=O)O)c1ncc(Br)c(C(F)F)n1. The number of ether oxygens (including phenoxy) is 1. The van der Waals surface area contributed by atoms with Crippen LogP contribution in [0.2, 0.25) is 0 Å². The van der Waals surface area contributed by atoms with Crippen LogP contribution in [0, 0.1) is 0 Å². The molecular weight excluding hydrogens is 356 g/mol. The summed E-state index contributed by atoms with van der Waals surface area (Å²) < 4.78 is 30.3. The van der Waals surface area contributed by atoms with Crippen LogP contribution in [0.4, 0.5) is 24.3 Å². The normalized spacial score (nSPS) is 11.4. The zero-order valence-electron chi connectivity index (χ0n) is 11.3. The Morgan fingerprint density at radius 2 is 2.00 bits per heavy atom. The van der Waals surface area contributed by atoms with Crippen LogP contribution in [-0.4, -0.2) is 32.9 Å². The molecule has 0 aliphatic heterocycles. The molecule has 21 heavy (non-hydrogen) atoms. The lowest BCUT2D eigenvalue weighted by Gasteiger charge is -2.23. The lowest BCUT2D eigenvalue weighted by atomic mass is 10.2. The molecule has 0 saturated carbocycles. The maximum Gasteiger partial charge on any atom is 0.427 e. The van der Waals surface area contributed by atoms with E-state index in [9.17, 15) is 18.4 Å². The zero-order chi connectivity index (χ0) is 16.4. The van der Waals surface area contributed by atoms with Crippen molar-refractivity contribution < 1.29 is 28.2 Å². The first-order valence-electron chi connectivity index (χ1n) is 5.59. The highest BCUT2D eigenvalue weighted by atomic mass is 79.9. The Labute approximate surface area is 127 Å². The highest BCUT2D eigenvalue weighted by Gasteiger charge is 2.31. The van der Waals surface area contributed by atoms with Gasteiger partial charge >= 0.3 is 12.2 Å². The van der Waals surface area contributed by atoms with E-state index in [1.165, 1.54) is 20.8 Å². The summed E-state index contributed by atoms with van der Waals surface area (Å²) in [7, 11) is 0. The Bertz CT molecular complexity index is 563. The molecule has 0 aromatic carbocycles. The van der Waals surface area contributed by atoms with Gasteiger partial charge in [-0.2, -0.15) is 0 Å². The molecule has 1 rings (SSSR count). The maximum atomic E-state index is 12.7. The predicted molar refractivity (Wildman–Crippen MR) is 71.4 cm³/mol. The highest BCUT2D eigenvalue weighted by molar-refractivity contribution is 9.10. The predicted octanol–water partition coefficient (Wildman–Crippen LogP) is 3.60. The van der Waals surface area contributed by atoms with Crippen molar-refractivity contribution in [3.05, 3.63) is 16.4 Å². The molecule has 0 aliphatic rings. The van der Waals surface area contributed by atoms with Crippen LogP contribution in [-0.2, 0) is 4.74 Å². The van der Waals surface area contributed by atoms with Crippen LogP contribution in [0.1, 0.15) is 32.9 Å². The number of amides is 2. The molecule has 0 fully saturated rings. The second kappa shape index (κ2) is 6.29. The van der Waals surface area contributed by atoms with Crippen molar-refractivity contribution in [2.45, 2.75) is 32.8 Å². The first-order chi connectivity index (χ1) is 9.53. The molecule has 7 nitrogen and oxygen atoms in total. The smallest absolute Gasteiger partial charge is 0.427 e. The summed E-state index contributed by atoms with van der Waals surface area (Å²) >= 11 is 2.82. The molecular formula is C11H12BrF2N3O4. The highest BCUT2D eigenvalue weighted by Crippen LogP contribution is 2.27. The quantitative estimate of drug-likeness (QED) is 0.858. The fourth-order valence-corrected chi connectivity index (χ4v) is 1.55. The first-order valence-corrected chi connectivity index (χ1v) is 6.39. The number of anilines is 1. The van der Waals surface area contributed by atoms with Crippen molar-refractivity contribution in [2.75, 3.05) is 4.90 Å².